The zero-order valence-corrected chi connectivity index (χ0v) is 25.0. The number of rotatable bonds is 6. The highest BCUT2D eigenvalue weighted by Gasteiger charge is 2.32. The molecule has 0 spiro atoms. The topological polar surface area (TPSA) is 110 Å². The minimum absolute atomic E-state index is 0.130. The molecule has 1 aliphatic carbocycles. The number of hydrogen-bond acceptors (Lipinski definition) is 7. The van der Waals surface area contributed by atoms with Crippen LogP contribution in [-0.4, -0.2) is 48.1 Å². The third-order valence-corrected chi connectivity index (χ3v) is 8.35. The molecule has 3 atom stereocenters. The number of ether oxygens (including phenoxy) is 1. The van der Waals surface area contributed by atoms with E-state index in [1.807, 2.05) is 36.5 Å². The summed E-state index contributed by atoms with van der Waals surface area (Å²) in [7, 11) is 0. The molecule has 220 valence electrons. The van der Waals surface area contributed by atoms with Gasteiger partial charge in [-0.1, -0.05) is 45.0 Å². The molecule has 10 nitrogen and oxygen atoms in total. The van der Waals surface area contributed by atoms with Crippen LogP contribution in [0.25, 0.3) is 5.65 Å². The molecule has 1 fully saturated rings. The van der Waals surface area contributed by atoms with Gasteiger partial charge in [-0.3, -0.25) is 14.6 Å². The third kappa shape index (κ3) is 5.68. The number of hydrogen-bond donors (Lipinski definition) is 2. The SMILES string of the molecule is CC(C)N1CCC[C@H]1c1nnc2ccc(O[C@@H]3CC[C@H](NC(=O)Nc4cc(C(C)(C)C)ncn4)c4ccccc43)cn12. The number of nitrogens with zero attached hydrogens (tertiary/aromatic N) is 6. The number of urea groups is 1. The lowest BCUT2D eigenvalue weighted by molar-refractivity contribution is 0.171. The quantitative estimate of drug-likeness (QED) is 0.288. The van der Waals surface area contributed by atoms with Crippen molar-refractivity contribution < 1.29 is 9.53 Å². The predicted molar refractivity (Wildman–Crippen MR) is 161 cm³/mol. The zero-order chi connectivity index (χ0) is 29.4. The molecule has 1 aliphatic heterocycles. The van der Waals surface area contributed by atoms with Crippen LogP contribution in [0.4, 0.5) is 10.6 Å². The fourth-order valence-corrected chi connectivity index (χ4v) is 6.20. The lowest BCUT2D eigenvalue weighted by atomic mass is 9.85. The van der Waals surface area contributed by atoms with E-state index in [1.54, 1.807) is 0 Å². The zero-order valence-electron chi connectivity index (χ0n) is 25.0. The fraction of sp³-hybridized carbons (Fsp3) is 0.469. The second-order valence-electron chi connectivity index (χ2n) is 12.6. The van der Waals surface area contributed by atoms with Crippen LogP contribution in [-0.2, 0) is 5.41 Å². The van der Waals surface area contributed by atoms with E-state index in [9.17, 15) is 4.79 Å². The van der Waals surface area contributed by atoms with Crippen molar-refractivity contribution in [2.45, 2.75) is 89.9 Å². The Morgan fingerprint density at radius 1 is 1.02 bits per heavy atom. The number of aromatic nitrogens is 5. The number of amides is 2. The number of carbonyl (C=O) groups excluding carboxylic acids is 1. The first-order valence-corrected chi connectivity index (χ1v) is 14.9. The lowest BCUT2D eigenvalue weighted by Crippen LogP contribution is -2.36. The molecule has 4 aromatic rings. The largest absolute Gasteiger partial charge is 0.484 e. The molecule has 42 heavy (non-hydrogen) atoms. The number of nitrogens with one attached hydrogen (secondary N) is 2. The highest BCUT2D eigenvalue weighted by molar-refractivity contribution is 5.88. The smallest absolute Gasteiger partial charge is 0.320 e. The maximum Gasteiger partial charge on any atom is 0.320 e. The molecule has 2 amide bonds. The summed E-state index contributed by atoms with van der Waals surface area (Å²) in [5.41, 5.74) is 3.70. The van der Waals surface area contributed by atoms with Gasteiger partial charge < -0.3 is 10.1 Å². The van der Waals surface area contributed by atoms with Crippen LogP contribution in [0.2, 0.25) is 0 Å². The summed E-state index contributed by atoms with van der Waals surface area (Å²) in [6, 6.07) is 14.2. The minimum Gasteiger partial charge on any atom is -0.484 e. The standard InChI is InChI=1S/C32H40N8O2/c1-20(2)39-16-8-11-25(39)30-38-37-29-15-12-21(18-40(29)30)42-26-14-13-24(22-9-6-7-10-23(22)26)35-31(41)36-28-17-27(32(3,4)5)33-19-34-28/h6-7,9-10,12,15,17-20,24-26H,8,11,13-14,16H2,1-5H3,(H2,33,34,35,36,41)/t24-,25-,26+/m0/s1. The molecule has 0 bridgehead atoms. The molecule has 0 unspecified atom stereocenters. The maximum atomic E-state index is 13.0. The van der Waals surface area contributed by atoms with Crippen molar-refractivity contribution in [3.05, 3.63) is 77.6 Å². The van der Waals surface area contributed by atoms with Gasteiger partial charge in [-0.25, -0.2) is 14.8 Å². The second kappa shape index (κ2) is 11.3. The van der Waals surface area contributed by atoms with Crippen molar-refractivity contribution in [1.82, 2.24) is 34.8 Å². The summed E-state index contributed by atoms with van der Waals surface area (Å²) in [6.07, 6.45) is 7.14. The highest BCUT2D eigenvalue weighted by Crippen LogP contribution is 2.39. The monoisotopic (exact) mass is 568 g/mol. The summed E-state index contributed by atoms with van der Waals surface area (Å²) in [5.74, 6) is 2.23. The number of pyridine rings is 1. The number of anilines is 1. The van der Waals surface area contributed by atoms with E-state index in [4.69, 9.17) is 4.74 Å². The number of fused-ring (bicyclic) bond motifs is 2. The van der Waals surface area contributed by atoms with Crippen LogP contribution in [0, 0.1) is 0 Å². The van der Waals surface area contributed by atoms with Crippen LogP contribution in [0.5, 0.6) is 5.75 Å². The first kappa shape index (κ1) is 28.1. The molecule has 2 aliphatic rings. The molecule has 6 rings (SSSR count). The molecule has 2 N–H and O–H groups in total. The Bertz CT molecular complexity index is 1580. The molecular formula is C32H40N8O2. The average Bonchev–Trinajstić information content (AvgIpc) is 3.61. The molecule has 0 radical (unpaired) electrons. The van der Waals surface area contributed by atoms with E-state index < -0.39 is 0 Å². The number of carbonyl (C=O) groups is 1. The van der Waals surface area contributed by atoms with Crippen LogP contribution in [0.1, 0.15) is 101 Å². The Balaban J connectivity index is 1.18. The van der Waals surface area contributed by atoms with Crippen LogP contribution >= 0.6 is 0 Å². The van der Waals surface area contributed by atoms with Crippen LogP contribution in [0.3, 0.4) is 0 Å². The lowest BCUT2D eigenvalue weighted by Gasteiger charge is -2.32. The van der Waals surface area contributed by atoms with Crippen LogP contribution < -0.4 is 15.4 Å². The summed E-state index contributed by atoms with van der Waals surface area (Å²) in [6.45, 7) is 11.8. The first-order valence-electron chi connectivity index (χ1n) is 14.9. The van der Waals surface area contributed by atoms with Gasteiger partial charge in [0.25, 0.3) is 0 Å². The maximum absolute atomic E-state index is 13.0. The van der Waals surface area contributed by atoms with E-state index in [0.717, 1.165) is 66.3 Å². The van der Waals surface area contributed by atoms with Gasteiger partial charge in [0.2, 0.25) is 0 Å². The average molecular weight is 569 g/mol. The molecule has 4 heterocycles. The van der Waals surface area contributed by atoms with Gasteiger partial charge in [0, 0.05) is 17.5 Å². The molecular weight excluding hydrogens is 528 g/mol. The van der Waals surface area contributed by atoms with Gasteiger partial charge in [-0.05, 0) is 69.3 Å². The van der Waals surface area contributed by atoms with Crippen molar-refractivity contribution in [2.75, 3.05) is 11.9 Å². The van der Waals surface area contributed by atoms with Gasteiger partial charge in [0.1, 0.15) is 24.0 Å². The number of benzene rings is 1. The summed E-state index contributed by atoms with van der Waals surface area (Å²) < 4.78 is 8.70. The number of likely N-dealkylation sites (tertiary alicyclic amines) is 1. The highest BCUT2D eigenvalue weighted by atomic mass is 16.5. The summed E-state index contributed by atoms with van der Waals surface area (Å²) in [5, 5.41) is 15.1. The second-order valence-corrected chi connectivity index (χ2v) is 12.6. The van der Waals surface area contributed by atoms with Gasteiger partial charge in [0.15, 0.2) is 11.5 Å². The Morgan fingerprint density at radius 3 is 2.62 bits per heavy atom. The minimum atomic E-state index is -0.291. The molecule has 1 saturated heterocycles. The van der Waals surface area contributed by atoms with E-state index in [2.05, 4.69) is 86.9 Å². The van der Waals surface area contributed by atoms with Crippen molar-refractivity contribution in [1.29, 1.82) is 0 Å². The molecule has 10 heteroatoms. The summed E-state index contributed by atoms with van der Waals surface area (Å²) in [4.78, 5) is 24.1. The van der Waals surface area contributed by atoms with E-state index in [0.29, 0.717) is 11.9 Å². The van der Waals surface area contributed by atoms with E-state index >= 15 is 0 Å². The van der Waals surface area contributed by atoms with Crippen molar-refractivity contribution >= 4 is 17.5 Å². The third-order valence-electron chi connectivity index (χ3n) is 8.35. The Labute approximate surface area is 246 Å². The normalized spacial score (nSPS) is 21.0. The molecule has 3 aromatic heterocycles. The van der Waals surface area contributed by atoms with Gasteiger partial charge >= 0.3 is 6.03 Å². The summed E-state index contributed by atoms with van der Waals surface area (Å²) >= 11 is 0. The Kier molecular flexibility index (Phi) is 7.57. The Hall–Kier alpha value is -4.05. The van der Waals surface area contributed by atoms with Crippen LogP contribution in [0.15, 0.2) is 55.0 Å². The van der Waals surface area contributed by atoms with Gasteiger partial charge in [0.05, 0.1) is 24.0 Å². The van der Waals surface area contributed by atoms with Gasteiger partial charge in [-0.15, -0.1) is 10.2 Å². The Morgan fingerprint density at radius 2 is 1.83 bits per heavy atom. The molecule has 1 aromatic carbocycles. The van der Waals surface area contributed by atoms with Crippen molar-refractivity contribution in [3.8, 4) is 5.75 Å². The fourth-order valence-electron chi connectivity index (χ4n) is 6.20. The van der Waals surface area contributed by atoms with E-state index in [-0.39, 0.29) is 29.6 Å². The van der Waals surface area contributed by atoms with Crippen molar-refractivity contribution in [3.63, 3.8) is 0 Å². The van der Waals surface area contributed by atoms with Gasteiger partial charge in [-0.2, -0.15) is 0 Å². The predicted octanol–water partition coefficient (Wildman–Crippen LogP) is 6.14. The molecule has 0 saturated carbocycles. The van der Waals surface area contributed by atoms with E-state index in [1.165, 1.54) is 6.33 Å². The first-order chi connectivity index (χ1) is 20.2. The van der Waals surface area contributed by atoms with Crippen molar-refractivity contribution in [2.24, 2.45) is 0 Å².